The Bertz CT molecular complexity index is 305. The predicted molar refractivity (Wildman–Crippen MR) is 53.1 cm³/mol. The van der Waals surface area contributed by atoms with Gasteiger partial charge in [0.15, 0.2) is 0 Å². The Morgan fingerprint density at radius 1 is 1.25 bits per heavy atom. The summed E-state index contributed by atoms with van der Waals surface area (Å²) in [5.74, 6) is 0. The molecule has 12 heavy (non-hydrogen) atoms. The standard InChI is InChI=1S/C10H12OS/c1-7-5-10(12-3)8(2)4-9(7)6-11/h4-6H,1-3H3. The number of hydrogen-bond acceptors (Lipinski definition) is 2. The first-order valence-electron chi connectivity index (χ1n) is 3.79. The van der Waals surface area contributed by atoms with Gasteiger partial charge in [-0.3, -0.25) is 4.79 Å². The van der Waals surface area contributed by atoms with Crippen LogP contribution in [0.3, 0.4) is 0 Å². The third-order valence-electron chi connectivity index (χ3n) is 1.91. The Morgan fingerprint density at radius 3 is 2.42 bits per heavy atom. The van der Waals surface area contributed by atoms with E-state index in [1.54, 1.807) is 11.8 Å². The van der Waals surface area contributed by atoms with Crippen molar-refractivity contribution < 1.29 is 4.79 Å². The minimum absolute atomic E-state index is 0.797. The van der Waals surface area contributed by atoms with Crippen LogP contribution in [0.4, 0.5) is 0 Å². The predicted octanol–water partition coefficient (Wildman–Crippen LogP) is 2.84. The first-order valence-corrected chi connectivity index (χ1v) is 5.02. The summed E-state index contributed by atoms with van der Waals surface area (Å²) >= 11 is 1.71. The normalized spacial score (nSPS) is 9.92. The van der Waals surface area contributed by atoms with Gasteiger partial charge in [-0.05, 0) is 43.4 Å². The smallest absolute Gasteiger partial charge is 0.150 e. The fourth-order valence-electron chi connectivity index (χ4n) is 1.16. The number of aldehydes is 1. The van der Waals surface area contributed by atoms with Gasteiger partial charge in [0.05, 0.1) is 0 Å². The Morgan fingerprint density at radius 2 is 1.92 bits per heavy atom. The van der Waals surface area contributed by atoms with Crippen molar-refractivity contribution in [3.8, 4) is 0 Å². The van der Waals surface area contributed by atoms with E-state index in [1.165, 1.54) is 10.5 Å². The van der Waals surface area contributed by atoms with Crippen molar-refractivity contribution in [3.05, 3.63) is 28.8 Å². The lowest BCUT2D eigenvalue weighted by Crippen LogP contribution is -1.89. The minimum Gasteiger partial charge on any atom is -0.298 e. The summed E-state index contributed by atoms with van der Waals surface area (Å²) in [6, 6.07) is 4.00. The maximum absolute atomic E-state index is 10.6. The lowest BCUT2D eigenvalue weighted by atomic mass is 10.1. The molecule has 64 valence electrons. The molecule has 0 bridgehead atoms. The molecule has 0 saturated heterocycles. The molecule has 0 fully saturated rings. The topological polar surface area (TPSA) is 17.1 Å². The van der Waals surface area contributed by atoms with Crippen LogP contribution >= 0.6 is 11.8 Å². The SMILES string of the molecule is CSc1cc(C)c(C=O)cc1C. The van der Waals surface area contributed by atoms with Crippen molar-refractivity contribution in [3.63, 3.8) is 0 Å². The molecule has 0 heterocycles. The van der Waals surface area contributed by atoms with Crippen LogP contribution in [0.1, 0.15) is 21.5 Å². The summed E-state index contributed by atoms with van der Waals surface area (Å²) in [6.07, 6.45) is 2.95. The summed E-state index contributed by atoms with van der Waals surface area (Å²) < 4.78 is 0. The van der Waals surface area contributed by atoms with Crippen LogP contribution in [-0.4, -0.2) is 12.5 Å². The molecule has 1 rings (SSSR count). The van der Waals surface area contributed by atoms with Crippen molar-refractivity contribution in [2.24, 2.45) is 0 Å². The zero-order chi connectivity index (χ0) is 9.14. The fourth-order valence-corrected chi connectivity index (χ4v) is 1.83. The zero-order valence-corrected chi connectivity index (χ0v) is 8.37. The van der Waals surface area contributed by atoms with Gasteiger partial charge in [0.1, 0.15) is 6.29 Å². The lowest BCUT2D eigenvalue weighted by molar-refractivity contribution is 0.112. The Labute approximate surface area is 77.2 Å². The molecule has 1 nitrogen and oxygen atoms in total. The van der Waals surface area contributed by atoms with Crippen molar-refractivity contribution >= 4 is 18.0 Å². The van der Waals surface area contributed by atoms with Gasteiger partial charge in [0.2, 0.25) is 0 Å². The van der Waals surface area contributed by atoms with Gasteiger partial charge in [-0.1, -0.05) is 0 Å². The van der Waals surface area contributed by atoms with Gasteiger partial charge in [0.25, 0.3) is 0 Å². The molecule has 0 N–H and O–H groups in total. The maximum atomic E-state index is 10.6. The van der Waals surface area contributed by atoms with Crippen LogP contribution in [-0.2, 0) is 0 Å². The second-order valence-corrected chi connectivity index (χ2v) is 3.64. The van der Waals surface area contributed by atoms with E-state index in [4.69, 9.17) is 0 Å². The molecule has 0 atom stereocenters. The monoisotopic (exact) mass is 180 g/mol. The molecule has 0 spiro atoms. The summed E-state index contributed by atoms with van der Waals surface area (Å²) in [7, 11) is 0. The number of rotatable bonds is 2. The summed E-state index contributed by atoms with van der Waals surface area (Å²) in [5.41, 5.74) is 3.03. The molecule has 0 aliphatic carbocycles. The van der Waals surface area contributed by atoms with Gasteiger partial charge >= 0.3 is 0 Å². The van der Waals surface area contributed by atoms with Crippen LogP contribution in [0, 0.1) is 13.8 Å². The molecular weight excluding hydrogens is 168 g/mol. The van der Waals surface area contributed by atoms with E-state index in [0.717, 1.165) is 17.4 Å². The number of carbonyl (C=O) groups excluding carboxylic acids is 1. The number of benzene rings is 1. The molecule has 0 unspecified atom stereocenters. The van der Waals surface area contributed by atoms with Crippen LogP contribution in [0.25, 0.3) is 0 Å². The zero-order valence-electron chi connectivity index (χ0n) is 7.55. The summed E-state index contributed by atoms with van der Waals surface area (Å²) in [4.78, 5) is 11.8. The van der Waals surface area contributed by atoms with Gasteiger partial charge in [0, 0.05) is 10.5 Å². The minimum atomic E-state index is 0.797. The van der Waals surface area contributed by atoms with E-state index in [-0.39, 0.29) is 0 Å². The Kier molecular flexibility index (Phi) is 2.93. The van der Waals surface area contributed by atoms with Crippen LogP contribution in [0.15, 0.2) is 17.0 Å². The van der Waals surface area contributed by atoms with Crippen LogP contribution in [0.2, 0.25) is 0 Å². The first-order chi connectivity index (χ1) is 5.69. The molecule has 1 aromatic rings. The van der Waals surface area contributed by atoms with Crippen molar-refractivity contribution in [1.29, 1.82) is 0 Å². The summed E-state index contributed by atoms with van der Waals surface area (Å²) in [5, 5.41) is 0. The number of aryl methyl sites for hydroxylation is 2. The van der Waals surface area contributed by atoms with Crippen molar-refractivity contribution in [2.75, 3.05) is 6.26 Å². The van der Waals surface area contributed by atoms with Gasteiger partial charge in [-0.25, -0.2) is 0 Å². The van der Waals surface area contributed by atoms with E-state index in [0.29, 0.717) is 0 Å². The summed E-state index contributed by atoms with van der Waals surface area (Å²) in [6.45, 7) is 3.99. The van der Waals surface area contributed by atoms with Crippen molar-refractivity contribution in [2.45, 2.75) is 18.7 Å². The number of hydrogen-bond donors (Lipinski definition) is 0. The third kappa shape index (κ3) is 1.69. The van der Waals surface area contributed by atoms with E-state index in [9.17, 15) is 4.79 Å². The molecule has 1 aromatic carbocycles. The Balaban J connectivity index is 3.25. The highest BCUT2D eigenvalue weighted by Gasteiger charge is 2.01. The number of carbonyl (C=O) groups is 1. The fraction of sp³-hybridized carbons (Fsp3) is 0.300. The largest absolute Gasteiger partial charge is 0.298 e. The van der Waals surface area contributed by atoms with Gasteiger partial charge in [-0.15, -0.1) is 11.8 Å². The second-order valence-electron chi connectivity index (χ2n) is 2.80. The molecule has 0 aliphatic heterocycles. The third-order valence-corrected chi connectivity index (χ3v) is 2.79. The Hall–Kier alpha value is -0.760. The molecule has 0 radical (unpaired) electrons. The molecule has 0 aromatic heterocycles. The highest BCUT2D eigenvalue weighted by molar-refractivity contribution is 7.98. The van der Waals surface area contributed by atoms with E-state index in [1.807, 2.05) is 26.2 Å². The highest BCUT2D eigenvalue weighted by atomic mass is 32.2. The van der Waals surface area contributed by atoms with Crippen LogP contribution in [0.5, 0.6) is 0 Å². The lowest BCUT2D eigenvalue weighted by Gasteiger charge is -2.05. The van der Waals surface area contributed by atoms with Crippen molar-refractivity contribution in [1.82, 2.24) is 0 Å². The maximum Gasteiger partial charge on any atom is 0.150 e. The second kappa shape index (κ2) is 3.76. The molecular formula is C10H12OS. The first kappa shape index (κ1) is 9.33. The average Bonchev–Trinajstić information content (AvgIpc) is 2.08. The van der Waals surface area contributed by atoms with E-state index >= 15 is 0 Å². The average molecular weight is 180 g/mol. The molecule has 2 heteroatoms. The number of thioether (sulfide) groups is 1. The van der Waals surface area contributed by atoms with Gasteiger partial charge in [-0.2, -0.15) is 0 Å². The molecule has 0 aliphatic rings. The van der Waals surface area contributed by atoms with E-state index in [2.05, 4.69) is 6.07 Å². The molecule has 0 saturated carbocycles. The van der Waals surface area contributed by atoms with Crippen LogP contribution < -0.4 is 0 Å². The van der Waals surface area contributed by atoms with Gasteiger partial charge < -0.3 is 0 Å². The van der Waals surface area contributed by atoms with E-state index < -0.39 is 0 Å². The molecule has 0 amide bonds. The highest BCUT2D eigenvalue weighted by Crippen LogP contribution is 2.22. The quantitative estimate of drug-likeness (QED) is 0.514.